The Kier molecular flexibility index (Phi) is 4.53. The first kappa shape index (κ1) is 17.1. The van der Waals surface area contributed by atoms with Crippen LogP contribution in [0.3, 0.4) is 0 Å². The zero-order valence-corrected chi connectivity index (χ0v) is 14.9. The number of piperidine rings is 1. The normalized spacial score (nSPS) is 17.1. The lowest BCUT2D eigenvalue weighted by Gasteiger charge is -2.35. The van der Waals surface area contributed by atoms with Crippen LogP contribution in [0, 0.1) is 10.1 Å². The molecule has 0 N–H and O–H groups in total. The highest BCUT2D eigenvalue weighted by Crippen LogP contribution is 2.36. The molecule has 27 heavy (non-hydrogen) atoms. The van der Waals surface area contributed by atoms with E-state index in [0.717, 1.165) is 31.4 Å². The van der Waals surface area contributed by atoms with Crippen molar-refractivity contribution < 1.29 is 9.45 Å². The van der Waals surface area contributed by atoms with E-state index in [4.69, 9.17) is 4.52 Å². The smallest absolute Gasteiger partial charge is 0.293 e. The van der Waals surface area contributed by atoms with Gasteiger partial charge in [-0.05, 0) is 50.5 Å². The van der Waals surface area contributed by atoms with Crippen molar-refractivity contribution in [2.75, 3.05) is 11.4 Å². The largest absolute Gasteiger partial charge is 0.363 e. The molecule has 1 aliphatic heterocycles. The Morgan fingerprint density at radius 3 is 2.74 bits per heavy atom. The van der Waals surface area contributed by atoms with Crippen molar-refractivity contribution in [3.8, 4) is 22.8 Å². The maximum atomic E-state index is 11.7. The molecule has 1 aliphatic rings. The summed E-state index contributed by atoms with van der Waals surface area (Å²) in [5.41, 5.74) is 2.01. The van der Waals surface area contributed by atoms with Gasteiger partial charge in [0.15, 0.2) is 0 Å². The summed E-state index contributed by atoms with van der Waals surface area (Å²) in [4.78, 5) is 21.8. The van der Waals surface area contributed by atoms with Gasteiger partial charge >= 0.3 is 0 Å². The van der Waals surface area contributed by atoms with E-state index in [1.165, 1.54) is 6.07 Å². The highest BCUT2D eigenvalue weighted by atomic mass is 16.6. The molecule has 8 nitrogen and oxygen atoms in total. The van der Waals surface area contributed by atoms with Crippen LogP contribution in [0.15, 0.2) is 47.2 Å². The van der Waals surface area contributed by atoms with E-state index in [1.807, 2.05) is 0 Å². The van der Waals surface area contributed by atoms with Crippen molar-refractivity contribution in [3.63, 3.8) is 0 Å². The molecular weight excluding hydrogens is 346 g/mol. The van der Waals surface area contributed by atoms with Crippen LogP contribution in [-0.2, 0) is 0 Å². The summed E-state index contributed by atoms with van der Waals surface area (Å²) in [6, 6.07) is 8.93. The van der Waals surface area contributed by atoms with Crippen LogP contribution in [-0.4, -0.2) is 32.6 Å². The second-order valence-corrected chi connectivity index (χ2v) is 6.66. The molecule has 0 unspecified atom stereocenters. The number of rotatable bonds is 4. The maximum absolute atomic E-state index is 11.7. The average Bonchev–Trinajstić information content (AvgIpc) is 3.19. The molecule has 138 valence electrons. The van der Waals surface area contributed by atoms with Crippen molar-refractivity contribution in [2.45, 2.75) is 32.2 Å². The lowest BCUT2D eigenvalue weighted by molar-refractivity contribution is -0.384. The van der Waals surface area contributed by atoms with Crippen LogP contribution in [0.4, 0.5) is 11.4 Å². The molecule has 3 heterocycles. The number of aromatic nitrogens is 3. The van der Waals surface area contributed by atoms with Crippen LogP contribution < -0.4 is 4.90 Å². The van der Waals surface area contributed by atoms with E-state index in [9.17, 15) is 10.1 Å². The minimum absolute atomic E-state index is 0.0601. The lowest BCUT2D eigenvalue weighted by atomic mass is 10.0. The lowest BCUT2D eigenvalue weighted by Crippen LogP contribution is -2.37. The summed E-state index contributed by atoms with van der Waals surface area (Å²) in [5.74, 6) is 0.673. The van der Waals surface area contributed by atoms with Crippen LogP contribution >= 0.6 is 0 Å². The van der Waals surface area contributed by atoms with Gasteiger partial charge in [-0.3, -0.25) is 15.1 Å². The van der Waals surface area contributed by atoms with E-state index in [1.54, 1.807) is 36.7 Å². The summed E-state index contributed by atoms with van der Waals surface area (Å²) in [6.07, 6.45) is 6.53. The van der Waals surface area contributed by atoms with Gasteiger partial charge in [0, 0.05) is 42.2 Å². The van der Waals surface area contributed by atoms with Gasteiger partial charge in [-0.1, -0.05) is 5.16 Å². The molecule has 0 aliphatic carbocycles. The van der Waals surface area contributed by atoms with E-state index >= 15 is 0 Å². The van der Waals surface area contributed by atoms with Gasteiger partial charge in [-0.15, -0.1) is 0 Å². The third-order valence-corrected chi connectivity index (χ3v) is 4.90. The average molecular weight is 365 g/mol. The molecule has 2 aromatic heterocycles. The van der Waals surface area contributed by atoms with Gasteiger partial charge in [-0.25, -0.2) is 0 Å². The Morgan fingerprint density at radius 2 is 2.00 bits per heavy atom. The number of benzene rings is 1. The molecule has 1 atom stereocenters. The van der Waals surface area contributed by atoms with Crippen molar-refractivity contribution in [3.05, 3.63) is 52.8 Å². The van der Waals surface area contributed by atoms with Gasteiger partial charge in [0.25, 0.3) is 11.6 Å². The first-order valence-electron chi connectivity index (χ1n) is 8.93. The predicted molar refractivity (Wildman–Crippen MR) is 100 cm³/mol. The molecule has 1 aromatic carbocycles. The fourth-order valence-corrected chi connectivity index (χ4v) is 3.46. The molecular formula is C19H19N5O3. The Balaban J connectivity index is 1.70. The second kappa shape index (κ2) is 7.14. The fraction of sp³-hybridized carbons (Fsp3) is 0.316. The minimum Gasteiger partial charge on any atom is -0.363 e. The molecule has 0 radical (unpaired) electrons. The van der Waals surface area contributed by atoms with Gasteiger partial charge < -0.3 is 9.42 Å². The topological polar surface area (TPSA) is 98.2 Å². The van der Waals surface area contributed by atoms with Crippen LogP contribution in [0.25, 0.3) is 22.8 Å². The summed E-state index contributed by atoms with van der Waals surface area (Å²) in [5, 5.41) is 15.7. The Bertz CT molecular complexity index is 957. The highest BCUT2D eigenvalue weighted by molar-refractivity contribution is 5.72. The SMILES string of the molecule is C[C@H]1CCCCN1c1ccc(-c2nc(-c3ccncc3)no2)cc1[N+](=O)[O-]. The minimum atomic E-state index is -0.347. The molecule has 1 fully saturated rings. The number of nitro benzene ring substituents is 1. The van der Waals surface area contributed by atoms with Crippen molar-refractivity contribution in [1.82, 2.24) is 15.1 Å². The molecule has 0 amide bonds. The number of nitro groups is 1. The maximum Gasteiger partial charge on any atom is 0.293 e. The first-order chi connectivity index (χ1) is 13.1. The van der Waals surface area contributed by atoms with Crippen molar-refractivity contribution in [2.24, 2.45) is 0 Å². The third kappa shape index (κ3) is 3.38. The molecule has 1 saturated heterocycles. The van der Waals surface area contributed by atoms with Gasteiger partial charge in [-0.2, -0.15) is 4.98 Å². The van der Waals surface area contributed by atoms with E-state index in [-0.39, 0.29) is 22.5 Å². The number of pyridine rings is 1. The second-order valence-electron chi connectivity index (χ2n) is 6.66. The molecule has 0 saturated carbocycles. The Hall–Kier alpha value is -3.29. The van der Waals surface area contributed by atoms with E-state index in [2.05, 4.69) is 26.9 Å². The zero-order chi connectivity index (χ0) is 18.8. The Morgan fingerprint density at radius 1 is 1.19 bits per heavy atom. The third-order valence-electron chi connectivity index (χ3n) is 4.90. The van der Waals surface area contributed by atoms with Gasteiger partial charge in [0.05, 0.1) is 4.92 Å². The van der Waals surface area contributed by atoms with Crippen LogP contribution in [0.2, 0.25) is 0 Å². The molecule has 8 heteroatoms. The first-order valence-corrected chi connectivity index (χ1v) is 8.93. The van der Waals surface area contributed by atoms with Crippen LogP contribution in [0.1, 0.15) is 26.2 Å². The van der Waals surface area contributed by atoms with Crippen molar-refractivity contribution >= 4 is 11.4 Å². The Labute approximate surface area is 156 Å². The molecule has 4 rings (SSSR count). The van der Waals surface area contributed by atoms with Gasteiger partial charge in [0.2, 0.25) is 5.82 Å². The molecule has 0 spiro atoms. The summed E-state index contributed by atoms with van der Waals surface area (Å²) < 4.78 is 5.33. The monoisotopic (exact) mass is 365 g/mol. The quantitative estimate of drug-likeness (QED) is 0.507. The number of nitrogens with zero attached hydrogens (tertiary/aromatic N) is 5. The summed E-state index contributed by atoms with van der Waals surface area (Å²) >= 11 is 0. The summed E-state index contributed by atoms with van der Waals surface area (Å²) in [7, 11) is 0. The molecule has 3 aromatic rings. The molecule has 0 bridgehead atoms. The fourth-order valence-electron chi connectivity index (χ4n) is 3.46. The summed E-state index contributed by atoms with van der Waals surface area (Å²) in [6.45, 7) is 2.93. The highest BCUT2D eigenvalue weighted by Gasteiger charge is 2.26. The van der Waals surface area contributed by atoms with Crippen LogP contribution in [0.5, 0.6) is 0 Å². The zero-order valence-electron chi connectivity index (χ0n) is 14.9. The predicted octanol–water partition coefficient (Wildman–Crippen LogP) is 4.09. The number of hydrogen-bond donors (Lipinski definition) is 0. The standard InChI is InChI=1S/C19H19N5O3/c1-13-4-2-3-11-23(13)16-6-5-15(12-17(16)24(25)26)19-21-18(22-27-19)14-7-9-20-10-8-14/h5-10,12-13H,2-4,11H2,1H3/t13-/m0/s1. The van der Waals surface area contributed by atoms with Gasteiger partial charge in [0.1, 0.15) is 5.69 Å². The number of hydrogen-bond acceptors (Lipinski definition) is 7. The van der Waals surface area contributed by atoms with E-state index in [0.29, 0.717) is 17.1 Å². The van der Waals surface area contributed by atoms with E-state index < -0.39 is 0 Å². The van der Waals surface area contributed by atoms with Crippen molar-refractivity contribution in [1.29, 1.82) is 0 Å². The number of anilines is 1.